The summed E-state index contributed by atoms with van der Waals surface area (Å²) in [6.07, 6.45) is 0.249. The lowest BCUT2D eigenvalue weighted by atomic mass is 9.99. The predicted octanol–water partition coefficient (Wildman–Crippen LogP) is 4.31. The molecule has 6 heteroatoms. The molecule has 0 saturated carbocycles. The quantitative estimate of drug-likeness (QED) is 0.471. The number of aromatic nitrogens is 2. The number of ether oxygens (including phenoxy) is 1. The minimum atomic E-state index is -0.0936. The van der Waals surface area contributed by atoms with Gasteiger partial charge in [-0.15, -0.1) is 0 Å². The third-order valence-electron chi connectivity index (χ3n) is 5.25. The van der Waals surface area contributed by atoms with E-state index in [0.717, 1.165) is 33.3 Å². The van der Waals surface area contributed by atoms with Gasteiger partial charge in [-0.05, 0) is 34.5 Å². The summed E-state index contributed by atoms with van der Waals surface area (Å²) in [7, 11) is 5.51. The molecule has 4 rings (SSSR count). The third kappa shape index (κ3) is 3.48. The number of anilines is 2. The fourth-order valence-electron chi connectivity index (χ4n) is 3.68. The van der Waals surface area contributed by atoms with Crippen molar-refractivity contribution in [3.8, 4) is 17.0 Å². The molecule has 0 fully saturated rings. The SMILES string of the molecule is COc1ccc(-c2n[nH]c(C(=O)Cc3cccc4ccccc34)c2N)cc1N(C)C. The number of carbonyl (C=O) groups is 1. The number of hydrogen-bond donors (Lipinski definition) is 2. The standard InChI is InChI=1S/C24H24N4O2/c1-28(2)19-13-17(11-12-21(19)30-3)23-22(25)24(27-26-23)20(29)14-16-9-6-8-15-7-4-5-10-18(15)16/h4-13H,14,25H2,1-3H3,(H,26,27). The largest absolute Gasteiger partial charge is 0.495 e. The van der Waals surface area contributed by atoms with E-state index >= 15 is 0 Å². The van der Waals surface area contributed by atoms with Gasteiger partial charge in [-0.3, -0.25) is 9.89 Å². The van der Waals surface area contributed by atoms with Crippen molar-refractivity contribution in [3.63, 3.8) is 0 Å². The number of nitrogen functional groups attached to an aromatic ring is 1. The zero-order valence-corrected chi connectivity index (χ0v) is 17.3. The molecule has 0 aliphatic heterocycles. The molecule has 3 aromatic carbocycles. The van der Waals surface area contributed by atoms with Crippen LogP contribution in [0, 0.1) is 0 Å². The molecule has 0 bridgehead atoms. The highest BCUT2D eigenvalue weighted by molar-refractivity contribution is 6.04. The van der Waals surface area contributed by atoms with Crippen LogP contribution in [0.3, 0.4) is 0 Å². The van der Waals surface area contributed by atoms with Crippen molar-refractivity contribution in [2.75, 3.05) is 31.8 Å². The first kappa shape index (κ1) is 19.5. The van der Waals surface area contributed by atoms with Crippen molar-refractivity contribution in [2.24, 2.45) is 0 Å². The van der Waals surface area contributed by atoms with Crippen LogP contribution >= 0.6 is 0 Å². The average molecular weight is 400 g/mol. The first-order valence-electron chi connectivity index (χ1n) is 9.69. The zero-order valence-electron chi connectivity index (χ0n) is 17.3. The van der Waals surface area contributed by atoms with E-state index in [2.05, 4.69) is 10.2 Å². The van der Waals surface area contributed by atoms with E-state index < -0.39 is 0 Å². The molecule has 0 aliphatic carbocycles. The number of nitrogens with one attached hydrogen (secondary N) is 1. The molecule has 1 heterocycles. The number of fused-ring (bicyclic) bond motifs is 1. The van der Waals surface area contributed by atoms with Gasteiger partial charge < -0.3 is 15.4 Å². The number of aromatic amines is 1. The second-order valence-corrected chi connectivity index (χ2v) is 7.38. The maximum atomic E-state index is 13.0. The van der Waals surface area contributed by atoms with E-state index in [1.54, 1.807) is 7.11 Å². The molecule has 6 nitrogen and oxygen atoms in total. The van der Waals surface area contributed by atoms with E-state index in [1.807, 2.05) is 79.7 Å². The van der Waals surface area contributed by atoms with Crippen molar-refractivity contribution in [3.05, 3.63) is 71.9 Å². The van der Waals surface area contributed by atoms with Crippen molar-refractivity contribution in [2.45, 2.75) is 6.42 Å². The van der Waals surface area contributed by atoms with Crippen LogP contribution < -0.4 is 15.4 Å². The molecule has 0 aliphatic rings. The van der Waals surface area contributed by atoms with E-state index in [0.29, 0.717) is 17.1 Å². The zero-order chi connectivity index (χ0) is 21.3. The van der Waals surface area contributed by atoms with Crippen molar-refractivity contribution in [1.29, 1.82) is 0 Å². The van der Waals surface area contributed by atoms with Crippen LogP contribution in [0.15, 0.2) is 60.7 Å². The maximum Gasteiger partial charge on any atom is 0.187 e. The Morgan fingerprint density at radius 1 is 1.10 bits per heavy atom. The normalized spacial score (nSPS) is 10.9. The summed E-state index contributed by atoms with van der Waals surface area (Å²) < 4.78 is 5.42. The number of H-pyrrole nitrogens is 1. The van der Waals surface area contributed by atoms with Crippen LogP contribution in [0.4, 0.5) is 11.4 Å². The van der Waals surface area contributed by atoms with Crippen LogP contribution in [0.5, 0.6) is 5.75 Å². The second kappa shape index (κ2) is 7.91. The lowest BCUT2D eigenvalue weighted by molar-refractivity contribution is 0.0989. The number of benzene rings is 3. The minimum absolute atomic E-state index is 0.0936. The summed E-state index contributed by atoms with van der Waals surface area (Å²) in [5.74, 6) is 0.661. The molecule has 0 amide bonds. The lowest BCUT2D eigenvalue weighted by Gasteiger charge is -2.17. The van der Waals surface area contributed by atoms with Crippen LogP contribution in [-0.2, 0) is 6.42 Å². The maximum absolute atomic E-state index is 13.0. The van der Waals surface area contributed by atoms with E-state index in [1.165, 1.54) is 0 Å². The Morgan fingerprint density at radius 3 is 2.63 bits per heavy atom. The van der Waals surface area contributed by atoms with E-state index in [9.17, 15) is 4.79 Å². The Hall–Kier alpha value is -3.80. The average Bonchev–Trinajstić information content (AvgIpc) is 3.15. The van der Waals surface area contributed by atoms with Crippen molar-refractivity contribution >= 4 is 27.9 Å². The Bertz CT molecular complexity index is 1220. The summed E-state index contributed by atoms with van der Waals surface area (Å²) in [4.78, 5) is 15.0. The second-order valence-electron chi connectivity index (χ2n) is 7.38. The summed E-state index contributed by atoms with van der Waals surface area (Å²) in [5.41, 5.74) is 10.3. The summed E-state index contributed by atoms with van der Waals surface area (Å²) in [6.45, 7) is 0. The molecule has 4 aromatic rings. The predicted molar refractivity (Wildman–Crippen MR) is 121 cm³/mol. The molecule has 30 heavy (non-hydrogen) atoms. The van der Waals surface area contributed by atoms with Gasteiger partial charge in [0.2, 0.25) is 0 Å². The number of nitrogens with two attached hydrogens (primary N) is 1. The monoisotopic (exact) mass is 400 g/mol. The Morgan fingerprint density at radius 2 is 1.87 bits per heavy atom. The van der Waals surface area contributed by atoms with Crippen LogP contribution in [0.2, 0.25) is 0 Å². The fourth-order valence-corrected chi connectivity index (χ4v) is 3.68. The molecule has 3 N–H and O–H groups in total. The van der Waals surface area contributed by atoms with E-state index in [-0.39, 0.29) is 12.2 Å². The molecule has 1 aromatic heterocycles. The van der Waals surface area contributed by atoms with Crippen LogP contribution in [-0.4, -0.2) is 37.2 Å². The third-order valence-corrected chi connectivity index (χ3v) is 5.25. The Labute approximate surface area is 175 Å². The molecule has 0 radical (unpaired) electrons. The van der Waals surface area contributed by atoms with Gasteiger partial charge in [0.1, 0.15) is 17.1 Å². The van der Waals surface area contributed by atoms with Crippen LogP contribution in [0.1, 0.15) is 16.1 Å². The first-order chi connectivity index (χ1) is 14.5. The van der Waals surface area contributed by atoms with Gasteiger partial charge in [0.15, 0.2) is 5.78 Å². The van der Waals surface area contributed by atoms with Gasteiger partial charge in [-0.1, -0.05) is 42.5 Å². The number of carbonyl (C=O) groups excluding carboxylic acids is 1. The highest BCUT2D eigenvalue weighted by atomic mass is 16.5. The molecule has 152 valence electrons. The van der Waals surface area contributed by atoms with Gasteiger partial charge in [-0.2, -0.15) is 5.10 Å². The van der Waals surface area contributed by atoms with Gasteiger partial charge in [0, 0.05) is 26.1 Å². The topological polar surface area (TPSA) is 84.2 Å². The highest BCUT2D eigenvalue weighted by Crippen LogP contribution is 2.34. The Balaban J connectivity index is 1.66. The summed E-state index contributed by atoms with van der Waals surface area (Å²) in [6, 6.07) is 19.7. The van der Waals surface area contributed by atoms with Crippen molar-refractivity contribution in [1.82, 2.24) is 10.2 Å². The number of Topliss-reactive ketones (excluding diaryl/α,β-unsaturated/α-hetero) is 1. The van der Waals surface area contributed by atoms with Gasteiger partial charge in [0.05, 0.1) is 18.5 Å². The highest BCUT2D eigenvalue weighted by Gasteiger charge is 2.20. The number of nitrogens with zero attached hydrogens (tertiary/aromatic N) is 2. The van der Waals surface area contributed by atoms with Gasteiger partial charge in [-0.25, -0.2) is 0 Å². The number of methoxy groups -OCH3 is 1. The number of hydrogen-bond acceptors (Lipinski definition) is 5. The Kier molecular flexibility index (Phi) is 5.14. The first-order valence-corrected chi connectivity index (χ1v) is 9.69. The number of ketones is 1. The van der Waals surface area contributed by atoms with E-state index in [4.69, 9.17) is 10.5 Å². The molecule has 0 spiro atoms. The summed E-state index contributed by atoms with van der Waals surface area (Å²) >= 11 is 0. The molecule has 0 saturated heterocycles. The summed E-state index contributed by atoms with van der Waals surface area (Å²) in [5, 5.41) is 9.36. The minimum Gasteiger partial charge on any atom is -0.495 e. The van der Waals surface area contributed by atoms with Crippen molar-refractivity contribution < 1.29 is 9.53 Å². The fraction of sp³-hybridized carbons (Fsp3) is 0.167. The number of rotatable bonds is 6. The molecular formula is C24H24N4O2. The lowest BCUT2D eigenvalue weighted by Crippen LogP contribution is -2.10. The molecular weight excluding hydrogens is 376 g/mol. The molecule has 0 unspecified atom stereocenters. The smallest absolute Gasteiger partial charge is 0.187 e. The van der Waals surface area contributed by atoms with Gasteiger partial charge in [0.25, 0.3) is 0 Å². The molecule has 0 atom stereocenters. The van der Waals surface area contributed by atoms with Gasteiger partial charge >= 0.3 is 0 Å². The van der Waals surface area contributed by atoms with Crippen LogP contribution in [0.25, 0.3) is 22.0 Å².